The number of piperidine rings is 1. The van der Waals surface area contributed by atoms with E-state index in [4.69, 9.17) is 0 Å². The summed E-state index contributed by atoms with van der Waals surface area (Å²) in [5, 5.41) is 25.9. The van der Waals surface area contributed by atoms with E-state index in [0.29, 0.717) is 38.9 Å². The predicted octanol–water partition coefficient (Wildman–Crippen LogP) is 3.78. The van der Waals surface area contributed by atoms with Crippen molar-refractivity contribution in [3.05, 3.63) is 42.7 Å². The highest BCUT2D eigenvalue weighted by molar-refractivity contribution is 5.74. The highest BCUT2D eigenvalue weighted by atomic mass is 19.3. The number of hydrogen-bond acceptors (Lipinski definition) is 6. The van der Waals surface area contributed by atoms with Crippen molar-refractivity contribution in [1.82, 2.24) is 25.3 Å². The van der Waals surface area contributed by atoms with Gasteiger partial charge >= 0.3 is 6.55 Å². The summed E-state index contributed by atoms with van der Waals surface area (Å²) in [6, 6.07) is 8.30. The van der Waals surface area contributed by atoms with Crippen LogP contribution in [0.2, 0.25) is 0 Å². The molecule has 0 radical (unpaired) electrons. The Morgan fingerprint density at radius 3 is 2.69 bits per heavy atom. The number of aromatic nitrogens is 4. The van der Waals surface area contributed by atoms with Gasteiger partial charge in [0.1, 0.15) is 11.9 Å². The van der Waals surface area contributed by atoms with Gasteiger partial charge in [0.15, 0.2) is 5.82 Å². The highest BCUT2D eigenvalue weighted by Gasteiger charge is 2.43. The maximum Gasteiger partial charge on any atom is 0.333 e. The van der Waals surface area contributed by atoms with Crippen LogP contribution in [0.1, 0.15) is 25.8 Å². The molecule has 0 spiro atoms. The number of nitrogens with one attached hydrogen (secondary N) is 1. The van der Waals surface area contributed by atoms with Crippen LogP contribution in [0.4, 0.5) is 19.0 Å². The first-order chi connectivity index (χ1) is 15.4. The fourth-order valence-corrected chi connectivity index (χ4v) is 4.70. The topological polar surface area (TPSA) is 79.1 Å². The van der Waals surface area contributed by atoms with Crippen LogP contribution in [0.5, 0.6) is 5.75 Å². The minimum absolute atomic E-state index is 0.0542. The van der Waals surface area contributed by atoms with Crippen molar-refractivity contribution < 1.29 is 18.3 Å². The lowest BCUT2D eigenvalue weighted by Gasteiger charge is -2.38. The van der Waals surface area contributed by atoms with Gasteiger partial charge in [0.2, 0.25) is 0 Å². The smallest absolute Gasteiger partial charge is 0.333 e. The van der Waals surface area contributed by atoms with E-state index in [1.807, 2.05) is 11.9 Å². The normalized spacial score (nSPS) is 24.8. The number of halogens is 3. The van der Waals surface area contributed by atoms with Crippen LogP contribution < -0.4 is 10.2 Å². The van der Waals surface area contributed by atoms with E-state index < -0.39 is 12.7 Å². The molecule has 32 heavy (non-hydrogen) atoms. The molecule has 1 aromatic carbocycles. The summed E-state index contributed by atoms with van der Waals surface area (Å²) in [4.78, 5) is 1.84. The van der Waals surface area contributed by atoms with E-state index in [2.05, 4.69) is 20.6 Å². The van der Waals surface area contributed by atoms with Gasteiger partial charge in [0.25, 0.3) is 0 Å². The van der Waals surface area contributed by atoms with Gasteiger partial charge in [-0.15, -0.1) is 10.2 Å². The number of phenols is 1. The molecule has 168 valence electrons. The van der Waals surface area contributed by atoms with Crippen molar-refractivity contribution >= 4 is 5.82 Å². The van der Waals surface area contributed by atoms with E-state index in [9.17, 15) is 18.3 Å². The molecular formula is C22H23F3N6O. The maximum atomic E-state index is 14.9. The lowest BCUT2D eigenvalue weighted by atomic mass is 9.96. The molecule has 7 nitrogen and oxygen atoms in total. The Bertz CT molecular complexity index is 1110. The number of hydrogen-bond donors (Lipinski definition) is 2. The third-order valence-corrected chi connectivity index (χ3v) is 6.47. The molecule has 2 aliphatic heterocycles. The molecule has 2 bridgehead atoms. The third kappa shape index (κ3) is 3.68. The number of anilines is 1. The number of phenolic OH excluding ortho intramolecular Hbond substituents is 1. The van der Waals surface area contributed by atoms with Crippen LogP contribution in [0.15, 0.2) is 42.7 Å². The Morgan fingerprint density at radius 1 is 1.16 bits per heavy atom. The quantitative estimate of drug-likeness (QED) is 0.624. The Morgan fingerprint density at radius 2 is 2.00 bits per heavy atom. The second kappa shape index (κ2) is 8.09. The summed E-state index contributed by atoms with van der Waals surface area (Å²) >= 11 is 0. The standard InChI is InChI=1S/C22H23F3N6O/c1-30(18-9-14-3-5-17(27-14)21(18)23)20-7-6-16(28-29-20)15-4-2-12(8-19(15)32)13-10-26-31(11-13)22(24)25/h2,4,6-8,10-11,14,17-18,21-22,27,32H,3,5,9H2,1H3/t14?,17?,18-,21+/m0/s1. The number of alkyl halides is 3. The molecular weight excluding hydrogens is 421 g/mol. The minimum Gasteiger partial charge on any atom is -0.507 e. The van der Waals surface area contributed by atoms with Gasteiger partial charge in [-0.25, -0.2) is 9.07 Å². The maximum absolute atomic E-state index is 14.9. The van der Waals surface area contributed by atoms with E-state index in [-0.39, 0.29) is 17.8 Å². The number of benzene rings is 1. The average Bonchev–Trinajstić information content (AvgIpc) is 3.44. The molecule has 5 rings (SSSR count). The molecule has 0 saturated carbocycles. The summed E-state index contributed by atoms with van der Waals surface area (Å²) in [5.74, 6) is 0.514. The van der Waals surface area contributed by atoms with Crippen molar-refractivity contribution in [3.63, 3.8) is 0 Å². The zero-order valence-electron chi connectivity index (χ0n) is 17.4. The molecule has 2 saturated heterocycles. The predicted molar refractivity (Wildman–Crippen MR) is 113 cm³/mol. The first kappa shape index (κ1) is 20.7. The third-order valence-electron chi connectivity index (χ3n) is 6.47. The zero-order chi connectivity index (χ0) is 22.4. The van der Waals surface area contributed by atoms with E-state index >= 15 is 0 Å². The molecule has 2 unspecified atom stereocenters. The molecule has 4 heterocycles. The minimum atomic E-state index is -2.73. The average molecular weight is 444 g/mol. The number of fused-ring (bicyclic) bond motifs is 2. The molecule has 3 aromatic rings. The summed E-state index contributed by atoms with van der Waals surface area (Å²) in [6.45, 7) is -2.73. The molecule has 0 aliphatic carbocycles. The molecule has 2 fully saturated rings. The molecule has 2 aromatic heterocycles. The summed E-state index contributed by atoms with van der Waals surface area (Å²) < 4.78 is 40.9. The van der Waals surface area contributed by atoms with Gasteiger partial charge in [-0.1, -0.05) is 6.07 Å². The van der Waals surface area contributed by atoms with Crippen molar-refractivity contribution in [3.8, 4) is 28.1 Å². The van der Waals surface area contributed by atoms with Crippen LogP contribution >= 0.6 is 0 Å². The van der Waals surface area contributed by atoms with E-state index in [0.717, 1.165) is 19.3 Å². The summed E-state index contributed by atoms with van der Waals surface area (Å²) in [6.07, 6.45) is 4.15. The second-order valence-corrected chi connectivity index (χ2v) is 8.40. The SMILES string of the molecule is CN(c1ccc(-c2ccc(-c3cnn(C(F)F)c3)cc2O)nn1)[C@H]1CC2CCC(N2)[C@H]1F. The van der Waals surface area contributed by atoms with Gasteiger partial charge in [-0.05, 0) is 49.1 Å². The van der Waals surface area contributed by atoms with Crippen LogP contribution in [-0.4, -0.2) is 56.4 Å². The lowest BCUT2D eigenvalue weighted by molar-refractivity contribution is 0.0566. The van der Waals surface area contributed by atoms with Gasteiger partial charge in [-0.2, -0.15) is 13.9 Å². The highest BCUT2D eigenvalue weighted by Crippen LogP contribution is 2.35. The summed E-state index contributed by atoms with van der Waals surface area (Å²) in [7, 11) is 1.83. The number of nitrogens with zero attached hydrogens (tertiary/aromatic N) is 5. The zero-order valence-corrected chi connectivity index (χ0v) is 17.4. The van der Waals surface area contributed by atoms with E-state index in [1.54, 1.807) is 24.3 Å². The van der Waals surface area contributed by atoms with Crippen molar-refractivity contribution in [1.29, 1.82) is 0 Å². The molecule has 0 amide bonds. The van der Waals surface area contributed by atoms with E-state index in [1.165, 1.54) is 18.5 Å². The van der Waals surface area contributed by atoms with Crippen LogP contribution in [0, 0.1) is 0 Å². The van der Waals surface area contributed by atoms with Crippen molar-refractivity contribution in [2.24, 2.45) is 0 Å². The fourth-order valence-electron chi connectivity index (χ4n) is 4.70. The first-order valence-corrected chi connectivity index (χ1v) is 10.5. The Balaban J connectivity index is 1.34. The van der Waals surface area contributed by atoms with Crippen LogP contribution in [0.3, 0.4) is 0 Å². The Hall–Kier alpha value is -3.14. The molecule has 10 heteroatoms. The van der Waals surface area contributed by atoms with Gasteiger partial charge < -0.3 is 15.3 Å². The summed E-state index contributed by atoms with van der Waals surface area (Å²) in [5.41, 5.74) is 1.93. The van der Waals surface area contributed by atoms with Gasteiger partial charge in [0.05, 0.1) is 17.9 Å². The lowest BCUT2D eigenvalue weighted by Crippen LogP contribution is -2.55. The Labute approximate surface area is 182 Å². The number of rotatable bonds is 5. The van der Waals surface area contributed by atoms with Crippen molar-refractivity contribution in [2.45, 2.75) is 50.1 Å². The van der Waals surface area contributed by atoms with Crippen LogP contribution in [-0.2, 0) is 0 Å². The van der Waals surface area contributed by atoms with Gasteiger partial charge in [-0.3, -0.25) is 0 Å². The van der Waals surface area contributed by atoms with Gasteiger partial charge in [0, 0.05) is 36.5 Å². The molecule has 2 aliphatic rings. The molecule has 4 atom stereocenters. The largest absolute Gasteiger partial charge is 0.507 e. The second-order valence-electron chi connectivity index (χ2n) is 8.40. The first-order valence-electron chi connectivity index (χ1n) is 10.5. The monoisotopic (exact) mass is 444 g/mol. The molecule has 2 N–H and O–H groups in total. The van der Waals surface area contributed by atoms with Crippen molar-refractivity contribution in [2.75, 3.05) is 11.9 Å². The fraction of sp³-hybridized carbons (Fsp3) is 0.409. The number of aromatic hydroxyl groups is 1. The Kier molecular flexibility index (Phi) is 5.24. The van der Waals surface area contributed by atoms with Crippen LogP contribution in [0.25, 0.3) is 22.4 Å².